The molecule has 6 rings (SSSR count). The van der Waals surface area contributed by atoms with Crippen LogP contribution in [0.4, 0.5) is 10.8 Å². The van der Waals surface area contributed by atoms with Gasteiger partial charge in [0.05, 0.1) is 35.8 Å². The molecule has 0 radical (unpaired) electrons. The molecule has 1 saturated heterocycles. The quantitative estimate of drug-likeness (QED) is 0.349. The van der Waals surface area contributed by atoms with Gasteiger partial charge in [0.15, 0.2) is 5.13 Å². The molecule has 10 heteroatoms. The molecular formula is C28H29ClN4O4S. The fourth-order valence-electron chi connectivity index (χ4n) is 4.89. The number of hydrogen-bond donors (Lipinski definition) is 3. The first-order valence-corrected chi connectivity index (χ1v) is 14.2. The van der Waals surface area contributed by atoms with E-state index in [-0.39, 0.29) is 19.4 Å². The number of ether oxygens (including phenoxy) is 2. The molecule has 3 heterocycles. The zero-order chi connectivity index (χ0) is 26.1. The first kappa shape index (κ1) is 25.2. The van der Waals surface area contributed by atoms with E-state index in [1.807, 2.05) is 0 Å². The van der Waals surface area contributed by atoms with Crippen molar-refractivity contribution in [2.24, 2.45) is 5.92 Å². The summed E-state index contributed by atoms with van der Waals surface area (Å²) in [6.45, 7) is 2.36. The highest BCUT2D eigenvalue weighted by Crippen LogP contribution is 2.40. The Morgan fingerprint density at radius 1 is 1.03 bits per heavy atom. The van der Waals surface area contributed by atoms with Gasteiger partial charge in [0.1, 0.15) is 0 Å². The third-order valence-electron chi connectivity index (χ3n) is 7.13. The van der Waals surface area contributed by atoms with Gasteiger partial charge in [0.25, 0.3) is 5.79 Å². The zero-order valence-electron chi connectivity index (χ0n) is 20.8. The predicted octanol–water partition coefficient (Wildman–Crippen LogP) is 5.08. The van der Waals surface area contributed by atoms with Crippen LogP contribution in [0.25, 0.3) is 11.3 Å². The largest absolute Gasteiger partial charge is 0.416 e. The molecule has 8 nitrogen and oxygen atoms in total. The molecule has 2 fully saturated rings. The molecular weight excluding hydrogens is 524 g/mol. The number of carbonyl (C=O) groups is 2. The summed E-state index contributed by atoms with van der Waals surface area (Å²) in [6, 6.07) is 11.8. The number of aromatic nitrogens is 1. The number of nitrogens with zero attached hydrogens (tertiary/aromatic N) is 1. The molecule has 3 aliphatic rings. The van der Waals surface area contributed by atoms with Gasteiger partial charge in [-0.1, -0.05) is 35.9 Å². The third-order valence-corrected chi connectivity index (χ3v) is 8.25. The second-order valence-corrected chi connectivity index (χ2v) is 11.3. The molecule has 198 valence electrons. The summed E-state index contributed by atoms with van der Waals surface area (Å²) in [5.74, 6) is -1.61. The maximum absolute atomic E-state index is 12.3. The van der Waals surface area contributed by atoms with Crippen LogP contribution >= 0.6 is 22.9 Å². The number of carbonyl (C=O) groups excluding carboxylic acids is 2. The molecule has 2 aromatic carbocycles. The van der Waals surface area contributed by atoms with Gasteiger partial charge in [-0.05, 0) is 55.0 Å². The van der Waals surface area contributed by atoms with Gasteiger partial charge in [0.2, 0.25) is 0 Å². The van der Waals surface area contributed by atoms with Crippen molar-refractivity contribution in [1.29, 1.82) is 0 Å². The highest BCUT2D eigenvalue weighted by atomic mass is 35.5. The number of esters is 2. The van der Waals surface area contributed by atoms with Crippen LogP contribution < -0.4 is 16.0 Å². The number of thiazole rings is 1. The number of rotatable bonds is 7. The van der Waals surface area contributed by atoms with Crippen LogP contribution in [0.15, 0.2) is 41.8 Å². The van der Waals surface area contributed by atoms with Crippen molar-refractivity contribution >= 4 is 45.7 Å². The Morgan fingerprint density at radius 3 is 2.53 bits per heavy atom. The standard InChI is InChI=1S/C28H29ClN4O4S/c29-22-8-7-21-20(11-12-30-16-28(21)36-24(34)9-10-25(35)37-28)26(22)31-13-18-3-5-19(6-4-18)23-15-38-27(33-23)32-14-17-1-2-17/h3-8,15,17,30-31H,1-2,9-14,16H2,(H,32,33). The van der Waals surface area contributed by atoms with Crippen LogP contribution in [0.5, 0.6) is 0 Å². The van der Waals surface area contributed by atoms with E-state index >= 15 is 0 Å². The van der Waals surface area contributed by atoms with Crippen molar-refractivity contribution in [3.05, 3.63) is 63.5 Å². The van der Waals surface area contributed by atoms with E-state index in [1.54, 1.807) is 23.5 Å². The molecule has 1 saturated carbocycles. The van der Waals surface area contributed by atoms with Crippen LogP contribution in [0.1, 0.15) is 42.4 Å². The topological polar surface area (TPSA) is 102 Å². The molecule has 0 atom stereocenters. The molecule has 1 spiro atoms. The Hall–Kier alpha value is -3.14. The Kier molecular flexibility index (Phi) is 6.99. The van der Waals surface area contributed by atoms with Gasteiger partial charge >= 0.3 is 11.9 Å². The van der Waals surface area contributed by atoms with E-state index in [2.05, 4.69) is 45.6 Å². The first-order valence-electron chi connectivity index (χ1n) is 13.0. The molecule has 0 bridgehead atoms. The monoisotopic (exact) mass is 552 g/mol. The van der Waals surface area contributed by atoms with Crippen molar-refractivity contribution in [2.45, 2.75) is 44.4 Å². The molecule has 1 aromatic heterocycles. The Labute approximate surface area is 230 Å². The number of benzene rings is 2. The molecule has 3 N–H and O–H groups in total. The second kappa shape index (κ2) is 10.6. The first-order chi connectivity index (χ1) is 18.5. The number of nitrogens with one attached hydrogen (secondary N) is 3. The van der Waals surface area contributed by atoms with Gasteiger partial charge in [-0.2, -0.15) is 0 Å². The Bertz CT molecular complexity index is 1340. The van der Waals surface area contributed by atoms with Crippen LogP contribution in [0.2, 0.25) is 5.02 Å². The lowest BCUT2D eigenvalue weighted by Crippen LogP contribution is -2.43. The molecule has 0 unspecified atom stereocenters. The summed E-state index contributed by atoms with van der Waals surface area (Å²) in [5, 5.41) is 13.8. The van der Waals surface area contributed by atoms with E-state index < -0.39 is 17.7 Å². The van der Waals surface area contributed by atoms with Crippen LogP contribution in [0.3, 0.4) is 0 Å². The molecule has 0 amide bonds. The summed E-state index contributed by atoms with van der Waals surface area (Å²) < 4.78 is 11.5. The van der Waals surface area contributed by atoms with E-state index in [4.69, 9.17) is 26.1 Å². The number of halogens is 1. The van der Waals surface area contributed by atoms with Crippen molar-refractivity contribution < 1.29 is 19.1 Å². The third kappa shape index (κ3) is 5.36. The normalized spacial score (nSPS) is 18.7. The lowest BCUT2D eigenvalue weighted by Gasteiger charge is -2.32. The molecule has 2 aliphatic heterocycles. The number of hydrogen-bond acceptors (Lipinski definition) is 9. The van der Waals surface area contributed by atoms with Crippen molar-refractivity contribution in [2.75, 3.05) is 30.3 Å². The fourth-order valence-corrected chi connectivity index (χ4v) is 5.86. The summed E-state index contributed by atoms with van der Waals surface area (Å²) >= 11 is 8.28. The van der Waals surface area contributed by atoms with Crippen molar-refractivity contribution in [3.63, 3.8) is 0 Å². The van der Waals surface area contributed by atoms with Crippen LogP contribution in [-0.4, -0.2) is 36.6 Å². The molecule has 1 aliphatic carbocycles. The lowest BCUT2D eigenvalue weighted by molar-refractivity contribution is -0.225. The van der Waals surface area contributed by atoms with E-state index in [9.17, 15) is 9.59 Å². The van der Waals surface area contributed by atoms with E-state index in [0.29, 0.717) is 30.1 Å². The van der Waals surface area contributed by atoms with Gasteiger partial charge < -0.3 is 25.4 Å². The lowest BCUT2D eigenvalue weighted by atomic mass is 9.96. The summed E-state index contributed by atoms with van der Waals surface area (Å²) in [6.07, 6.45) is 3.27. The zero-order valence-corrected chi connectivity index (χ0v) is 22.4. The van der Waals surface area contributed by atoms with Crippen LogP contribution in [0, 0.1) is 5.92 Å². The van der Waals surface area contributed by atoms with Crippen LogP contribution in [-0.2, 0) is 37.8 Å². The average Bonchev–Trinajstić information content (AvgIpc) is 3.68. The maximum Gasteiger partial charge on any atom is 0.309 e. The minimum absolute atomic E-state index is 0.00377. The van der Waals surface area contributed by atoms with E-state index in [1.165, 1.54) is 12.8 Å². The number of fused-ring (bicyclic) bond motifs is 2. The fraction of sp³-hybridized carbons (Fsp3) is 0.393. The smallest absolute Gasteiger partial charge is 0.309 e. The second-order valence-electron chi connectivity index (χ2n) is 9.99. The molecule has 3 aromatic rings. The Morgan fingerprint density at radius 2 is 1.79 bits per heavy atom. The Balaban J connectivity index is 1.20. The SMILES string of the molecule is O=C1CCC(=O)OC2(CNCCc3c2ccc(Cl)c3NCc2ccc(-c3csc(NCC4CC4)n3)cc2)O1. The highest BCUT2D eigenvalue weighted by molar-refractivity contribution is 7.14. The predicted molar refractivity (Wildman–Crippen MR) is 147 cm³/mol. The van der Waals surface area contributed by atoms with Crippen molar-refractivity contribution in [1.82, 2.24) is 10.3 Å². The van der Waals surface area contributed by atoms with Gasteiger partial charge in [-0.15, -0.1) is 11.3 Å². The van der Waals surface area contributed by atoms with Gasteiger partial charge in [0, 0.05) is 29.6 Å². The average molecular weight is 553 g/mol. The summed E-state index contributed by atoms with van der Waals surface area (Å²) in [4.78, 5) is 29.4. The van der Waals surface area contributed by atoms with Crippen molar-refractivity contribution in [3.8, 4) is 11.3 Å². The minimum Gasteiger partial charge on any atom is -0.416 e. The summed E-state index contributed by atoms with van der Waals surface area (Å²) in [7, 11) is 0. The summed E-state index contributed by atoms with van der Waals surface area (Å²) in [5.41, 5.74) is 5.38. The molecule has 38 heavy (non-hydrogen) atoms. The minimum atomic E-state index is -1.50. The maximum atomic E-state index is 12.3. The highest BCUT2D eigenvalue weighted by Gasteiger charge is 2.46. The van der Waals surface area contributed by atoms with Gasteiger partial charge in [-0.3, -0.25) is 9.59 Å². The van der Waals surface area contributed by atoms with Gasteiger partial charge in [-0.25, -0.2) is 4.98 Å². The number of anilines is 2. The van der Waals surface area contributed by atoms with E-state index in [0.717, 1.165) is 45.7 Å².